The van der Waals surface area contributed by atoms with E-state index in [1.165, 1.54) is 0 Å². The molecule has 0 aliphatic rings. The lowest BCUT2D eigenvalue weighted by Crippen LogP contribution is -2.42. The van der Waals surface area contributed by atoms with Crippen LogP contribution in [0.2, 0.25) is 0 Å². The van der Waals surface area contributed by atoms with Crippen LogP contribution in [0.3, 0.4) is 0 Å². The lowest BCUT2D eigenvalue weighted by molar-refractivity contribution is -0.0819. The third-order valence-corrected chi connectivity index (χ3v) is 3.58. The zero-order valence-electron chi connectivity index (χ0n) is 10.3. The molecule has 0 fully saturated rings. The van der Waals surface area contributed by atoms with Gasteiger partial charge in [-0.15, -0.1) is 0 Å². The van der Waals surface area contributed by atoms with Gasteiger partial charge in [-0.3, -0.25) is 0 Å². The van der Waals surface area contributed by atoms with Crippen molar-refractivity contribution in [2.24, 2.45) is 11.8 Å². The van der Waals surface area contributed by atoms with Crippen LogP contribution in [0, 0.1) is 23.2 Å². The number of hydrogen-bond donors (Lipinski definition) is 1. The number of methoxy groups -OCH3 is 1. The summed E-state index contributed by atoms with van der Waals surface area (Å²) in [5, 5.41) is 18.1. The second-order valence-corrected chi connectivity index (χ2v) is 4.03. The van der Waals surface area contributed by atoms with Crippen molar-refractivity contribution in [3.8, 4) is 6.07 Å². The largest absolute Gasteiger partial charge is 0.396 e. The number of hydrogen-bond acceptors (Lipinski definition) is 3. The van der Waals surface area contributed by atoms with Crippen LogP contribution in [0.25, 0.3) is 0 Å². The maximum atomic E-state index is 9.08. The van der Waals surface area contributed by atoms with Crippen molar-refractivity contribution in [2.75, 3.05) is 13.7 Å². The first-order valence-electron chi connectivity index (χ1n) is 5.67. The highest BCUT2D eigenvalue weighted by molar-refractivity contribution is 4.96. The highest BCUT2D eigenvalue weighted by Crippen LogP contribution is 2.35. The predicted octanol–water partition coefficient (Wildman–Crippen LogP) is 2.35. The van der Waals surface area contributed by atoms with E-state index in [4.69, 9.17) is 15.1 Å². The Bertz CT molecular complexity index is 206. The Morgan fingerprint density at radius 3 is 2.33 bits per heavy atom. The Morgan fingerprint density at radius 1 is 1.47 bits per heavy atom. The molecular weight excluding hydrogens is 190 g/mol. The molecule has 3 atom stereocenters. The summed E-state index contributed by atoms with van der Waals surface area (Å²) >= 11 is 0. The Morgan fingerprint density at radius 2 is 2.07 bits per heavy atom. The molecule has 0 aromatic rings. The van der Waals surface area contributed by atoms with E-state index in [0.717, 1.165) is 12.8 Å². The monoisotopic (exact) mass is 213 g/mol. The summed E-state index contributed by atoms with van der Waals surface area (Å²) < 4.78 is 5.56. The first kappa shape index (κ1) is 14.4. The summed E-state index contributed by atoms with van der Waals surface area (Å²) in [5.74, 6) is 0.145. The minimum Gasteiger partial charge on any atom is -0.396 e. The van der Waals surface area contributed by atoms with Gasteiger partial charge in [0, 0.05) is 19.6 Å². The van der Waals surface area contributed by atoms with Gasteiger partial charge in [0.05, 0.1) is 17.6 Å². The van der Waals surface area contributed by atoms with Crippen LogP contribution < -0.4 is 0 Å². The number of rotatable bonds is 7. The Kier molecular flexibility index (Phi) is 6.55. The SMILES string of the molecule is CCC(C#N)C(C)C(CC)(CCO)OC. The van der Waals surface area contributed by atoms with Gasteiger partial charge in [0.1, 0.15) is 0 Å². The van der Waals surface area contributed by atoms with Crippen molar-refractivity contribution < 1.29 is 9.84 Å². The van der Waals surface area contributed by atoms with E-state index in [1.807, 2.05) is 20.8 Å². The average Bonchev–Trinajstić information content (AvgIpc) is 2.27. The number of nitrogens with zero attached hydrogens (tertiary/aromatic N) is 1. The van der Waals surface area contributed by atoms with Crippen LogP contribution >= 0.6 is 0 Å². The molecule has 0 aromatic carbocycles. The molecule has 0 aliphatic carbocycles. The number of nitriles is 1. The summed E-state index contributed by atoms with van der Waals surface area (Å²) in [7, 11) is 1.67. The molecule has 3 nitrogen and oxygen atoms in total. The topological polar surface area (TPSA) is 53.2 Å². The number of aliphatic hydroxyl groups is 1. The van der Waals surface area contributed by atoms with E-state index in [9.17, 15) is 0 Å². The smallest absolute Gasteiger partial charge is 0.0735 e. The first-order valence-corrected chi connectivity index (χ1v) is 5.67. The summed E-state index contributed by atoms with van der Waals surface area (Å²) in [6.07, 6.45) is 2.25. The van der Waals surface area contributed by atoms with Gasteiger partial charge in [0.25, 0.3) is 0 Å². The molecule has 0 spiro atoms. The van der Waals surface area contributed by atoms with E-state index >= 15 is 0 Å². The minimum atomic E-state index is -0.356. The van der Waals surface area contributed by atoms with Crippen molar-refractivity contribution in [2.45, 2.75) is 45.6 Å². The van der Waals surface area contributed by atoms with E-state index in [2.05, 4.69) is 6.07 Å². The maximum absolute atomic E-state index is 9.08. The van der Waals surface area contributed by atoms with Crippen LogP contribution in [-0.2, 0) is 4.74 Å². The molecule has 3 heteroatoms. The molecule has 0 amide bonds. The van der Waals surface area contributed by atoms with Crippen LogP contribution in [-0.4, -0.2) is 24.4 Å². The Balaban J connectivity index is 4.81. The van der Waals surface area contributed by atoms with Crippen molar-refractivity contribution in [3.63, 3.8) is 0 Å². The first-order chi connectivity index (χ1) is 7.11. The Hall–Kier alpha value is -0.590. The van der Waals surface area contributed by atoms with Crippen LogP contribution in [0.15, 0.2) is 0 Å². The van der Waals surface area contributed by atoms with Gasteiger partial charge in [-0.25, -0.2) is 0 Å². The normalized spacial score (nSPS) is 18.9. The van der Waals surface area contributed by atoms with Crippen molar-refractivity contribution in [1.82, 2.24) is 0 Å². The van der Waals surface area contributed by atoms with Gasteiger partial charge >= 0.3 is 0 Å². The number of aliphatic hydroxyl groups excluding tert-OH is 1. The fourth-order valence-corrected chi connectivity index (χ4v) is 2.27. The lowest BCUT2D eigenvalue weighted by atomic mass is 9.75. The summed E-state index contributed by atoms with van der Waals surface area (Å²) in [4.78, 5) is 0. The molecule has 0 heterocycles. The van der Waals surface area contributed by atoms with E-state index in [0.29, 0.717) is 6.42 Å². The summed E-state index contributed by atoms with van der Waals surface area (Å²) in [6.45, 7) is 6.20. The summed E-state index contributed by atoms with van der Waals surface area (Å²) in [5.41, 5.74) is -0.356. The Labute approximate surface area is 93.1 Å². The van der Waals surface area contributed by atoms with Gasteiger partial charge in [-0.1, -0.05) is 20.8 Å². The van der Waals surface area contributed by atoms with E-state index in [1.54, 1.807) is 7.11 Å². The van der Waals surface area contributed by atoms with Crippen LogP contribution in [0.1, 0.15) is 40.0 Å². The maximum Gasteiger partial charge on any atom is 0.0735 e. The predicted molar refractivity (Wildman–Crippen MR) is 60.3 cm³/mol. The quantitative estimate of drug-likeness (QED) is 0.706. The van der Waals surface area contributed by atoms with Gasteiger partial charge < -0.3 is 9.84 Å². The fourth-order valence-electron chi connectivity index (χ4n) is 2.27. The third-order valence-electron chi connectivity index (χ3n) is 3.58. The molecule has 0 radical (unpaired) electrons. The molecule has 0 bridgehead atoms. The van der Waals surface area contributed by atoms with Crippen LogP contribution in [0.4, 0.5) is 0 Å². The van der Waals surface area contributed by atoms with Crippen molar-refractivity contribution in [1.29, 1.82) is 5.26 Å². The average molecular weight is 213 g/mol. The molecule has 0 saturated carbocycles. The molecular formula is C12H23NO2. The van der Waals surface area contributed by atoms with Gasteiger partial charge in [0.15, 0.2) is 0 Å². The van der Waals surface area contributed by atoms with E-state index < -0.39 is 0 Å². The van der Waals surface area contributed by atoms with Gasteiger partial charge in [0.2, 0.25) is 0 Å². The lowest BCUT2D eigenvalue weighted by Gasteiger charge is -2.38. The van der Waals surface area contributed by atoms with Crippen molar-refractivity contribution in [3.05, 3.63) is 0 Å². The van der Waals surface area contributed by atoms with Crippen LogP contribution in [0.5, 0.6) is 0 Å². The highest BCUT2D eigenvalue weighted by atomic mass is 16.5. The highest BCUT2D eigenvalue weighted by Gasteiger charge is 2.38. The molecule has 0 aliphatic heterocycles. The molecule has 15 heavy (non-hydrogen) atoms. The zero-order valence-corrected chi connectivity index (χ0v) is 10.3. The minimum absolute atomic E-state index is 0.00329. The van der Waals surface area contributed by atoms with E-state index in [-0.39, 0.29) is 24.0 Å². The summed E-state index contributed by atoms with van der Waals surface area (Å²) in [6, 6.07) is 2.32. The third kappa shape index (κ3) is 3.19. The van der Waals surface area contributed by atoms with Gasteiger partial charge in [-0.05, 0) is 19.3 Å². The fraction of sp³-hybridized carbons (Fsp3) is 0.917. The molecule has 88 valence electrons. The second-order valence-electron chi connectivity index (χ2n) is 4.03. The molecule has 3 unspecified atom stereocenters. The number of ether oxygens (including phenoxy) is 1. The second kappa shape index (κ2) is 6.81. The standard InChI is InChI=1S/C12H23NO2/c1-5-11(9-13)10(3)12(6-2,15-4)7-8-14/h10-11,14H,5-8H2,1-4H3. The molecule has 1 N–H and O–H groups in total. The van der Waals surface area contributed by atoms with Crippen molar-refractivity contribution >= 4 is 0 Å². The molecule has 0 aromatic heterocycles. The molecule has 0 rings (SSSR count). The molecule has 0 saturated heterocycles. The zero-order chi connectivity index (χ0) is 11.9. The van der Waals surface area contributed by atoms with Gasteiger partial charge in [-0.2, -0.15) is 5.26 Å².